The Hall–Kier alpha value is -3.26. The number of benzene rings is 1. The van der Waals surface area contributed by atoms with Gasteiger partial charge in [0, 0.05) is 45.5 Å². The minimum atomic E-state index is -0.851. The van der Waals surface area contributed by atoms with Crippen LogP contribution in [0.3, 0.4) is 0 Å². The van der Waals surface area contributed by atoms with Gasteiger partial charge >= 0.3 is 0 Å². The second kappa shape index (κ2) is 11.6. The molecule has 7 heteroatoms. The Labute approximate surface area is 315 Å². The van der Waals surface area contributed by atoms with Crippen LogP contribution in [0.1, 0.15) is 146 Å². The zero-order chi connectivity index (χ0) is 38.4. The molecule has 0 saturated heterocycles. The van der Waals surface area contributed by atoms with Crippen molar-refractivity contribution in [1.82, 2.24) is 9.88 Å². The van der Waals surface area contributed by atoms with Gasteiger partial charge in [-0.3, -0.25) is 9.59 Å². The van der Waals surface area contributed by atoms with Crippen molar-refractivity contribution in [3.05, 3.63) is 76.0 Å². The smallest absolute Gasteiger partial charge is 0.246 e. The van der Waals surface area contributed by atoms with E-state index in [9.17, 15) is 19.8 Å². The molecule has 2 fully saturated rings. The average Bonchev–Trinajstić information content (AvgIpc) is 3.74. The second-order valence-corrected chi connectivity index (χ2v) is 19.3. The van der Waals surface area contributed by atoms with E-state index in [2.05, 4.69) is 83.1 Å². The minimum Gasteiger partial charge on any atom is -0.392 e. The number of hydrogen-bond acceptors (Lipinski definition) is 5. The molecule has 284 valence electrons. The first kappa shape index (κ1) is 36.7. The van der Waals surface area contributed by atoms with Gasteiger partial charge in [-0.15, -0.1) is 0 Å². The van der Waals surface area contributed by atoms with Crippen molar-refractivity contribution in [2.75, 3.05) is 6.54 Å². The van der Waals surface area contributed by atoms with Crippen molar-refractivity contribution in [2.45, 2.75) is 143 Å². The summed E-state index contributed by atoms with van der Waals surface area (Å²) in [6.07, 6.45) is 12.3. The van der Waals surface area contributed by atoms with Gasteiger partial charge in [-0.05, 0) is 126 Å². The Morgan fingerprint density at radius 2 is 1.81 bits per heavy atom. The van der Waals surface area contributed by atoms with E-state index in [1.807, 2.05) is 32.9 Å². The summed E-state index contributed by atoms with van der Waals surface area (Å²) in [6.45, 7) is 26.3. The average molecular weight is 721 g/mol. The maximum absolute atomic E-state index is 14.9. The summed E-state index contributed by atoms with van der Waals surface area (Å²) in [4.78, 5) is 27.5. The molecule has 1 aromatic carbocycles. The number of nitrogens with one attached hydrogen (secondary N) is 1. The monoisotopic (exact) mass is 720 g/mol. The van der Waals surface area contributed by atoms with Crippen molar-refractivity contribution in [2.24, 2.45) is 28.6 Å². The standard InChI is InChI=1S/C46H60N2O5/c1-12-20-47-41(52)25(4)14-13-18-44(9)31-16-15-26-21-29-28-22-27-30-23-42(5,6)53-43(7,8)35(30)38(50)33(27)34-37(28)48(36(24(2)3)39(34)51)40(29)46(26,11)45(31,10)19-17-32(44)49/h13-14,18,22-23,26,31-32,35-36,38,49-50H,2,12,15-17,19-21H2,1,3-11H3,(H,47,52)/b18-13+,25-14+. The maximum atomic E-state index is 14.9. The molecule has 3 heterocycles. The Kier molecular flexibility index (Phi) is 8.05. The molecule has 0 radical (unpaired) electrons. The largest absolute Gasteiger partial charge is 0.392 e. The van der Waals surface area contributed by atoms with E-state index in [0.717, 1.165) is 65.3 Å². The molecule has 2 saturated carbocycles. The van der Waals surface area contributed by atoms with Gasteiger partial charge < -0.3 is 24.8 Å². The molecule has 7 nitrogen and oxygen atoms in total. The fourth-order valence-corrected chi connectivity index (χ4v) is 13.0. The molecule has 0 spiro atoms. The Morgan fingerprint density at radius 3 is 2.49 bits per heavy atom. The lowest BCUT2D eigenvalue weighted by atomic mass is 9.40. The van der Waals surface area contributed by atoms with Crippen LogP contribution in [-0.2, 0) is 21.4 Å². The third kappa shape index (κ3) is 4.69. The van der Waals surface area contributed by atoms with Gasteiger partial charge in [0.05, 0.1) is 34.5 Å². The highest BCUT2D eigenvalue weighted by molar-refractivity contribution is 6.18. The zero-order valence-electron chi connectivity index (χ0n) is 33.6. The van der Waals surface area contributed by atoms with Crippen molar-refractivity contribution in [1.29, 1.82) is 0 Å². The number of rotatable bonds is 6. The predicted molar refractivity (Wildman–Crippen MR) is 211 cm³/mol. The van der Waals surface area contributed by atoms with Gasteiger partial charge in [0.25, 0.3) is 0 Å². The summed E-state index contributed by atoms with van der Waals surface area (Å²) in [7, 11) is 0. The molecule has 9 atom stereocenters. The first-order valence-electron chi connectivity index (χ1n) is 20.1. The summed E-state index contributed by atoms with van der Waals surface area (Å²) in [6, 6.07) is 1.78. The molecule has 53 heavy (non-hydrogen) atoms. The topological polar surface area (TPSA) is 101 Å². The molecule has 9 unspecified atom stereocenters. The van der Waals surface area contributed by atoms with Gasteiger partial charge in [-0.1, -0.05) is 58.1 Å². The quantitative estimate of drug-likeness (QED) is 0.158. The highest BCUT2D eigenvalue weighted by atomic mass is 16.5. The van der Waals surface area contributed by atoms with Crippen molar-refractivity contribution in [3.8, 4) is 0 Å². The van der Waals surface area contributed by atoms with Gasteiger partial charge in [0.2, 0.25) is 5.91 Å². The van der Waals surface area contributed by atoms with E-state index in [0.29, 0.717) is 30.0 Å². The fraction of sp³-hybridized carbons (Fsp3) is 0.609. The van der Waals surface area contributed by atoms with Crippen LogP contribution in [0.2, 0.25) is 0 Å². The Bertz CT molecular complexity index is 2080. The van der Waals surface area contributed by atoms with Crippen LogP contribution in [0.25, 0.3) is 16.5 Å². The highest BCUT2D eigenvalue weighted by Crippen LogP contribution is 2.71. The van der Waals surface area contributed by atoms with Crippen LogP contribution in [0.15, 0.2) is 48.1 Å². The summed E-state index contributed by atoms with van der Waals surface area (Å²) in [5, 5.41) is 28.1. The number of fused-ring (bicyclic) bond motifs is 11. The van der Waals surface area contributed by atoms with E-state index < -0.39 is 34.9 Å². The van der Waals surface area contributed by atoms with Gasteiger partial charge in [0.1, 0.15) is 6.04 Å². The lowest BCUT2D eigenvalue weighted by molar-refractivity contribution is -0.144. The SMILES string of the molecule is C=C(C)C1C(=O)c2c3c(cc4c5c(n1c24)C1(C)C(CCC2C(C)(/C=C/C=C(\C)C(=O)NCCC)C(O)CCC21C)C5)C1=CC(C)(C)OC(C)(C)C1C3O. The molecule has 2 aromatic rings. The number of ketones is 1. The first-order chi connectivity index (χ1) is 24.7. The number of aliphatic hydroxyl groups excluding tert-OH is 2. The summed E-state index contributed by atoms with van der Waals surface area (Å²) >= 11 is 0. The zero-order valence-corrected chi connectivity index (χ0v) is 33.6. The minimum absolute atomic E-state index is 0.0370. The normalized spacial score (nSPS) is 37.6. The molecule has 6 aliphatic rings. The number of aliphatic hydroxyl groups is 2. The molecule has 3 N–H and O–H groups in total. The first-order valence-corrected chi connectivity index (χ1v) is 20.1. The van der Waals surface area contributed by atoms with E-state index in [1.54, 1.807) is 0 Å². The summed E-state index contributed by atoms with van der Waals surface area (Å²) in [5.41, 5.74) is 6.49. The highest BCUT2D eigenvalue weighted by Gasteiger charge is 2.67. The fourth-order valence-electron chi connectivity index (χ4n) is 13.0. The summed E-state index contributed by atoms with van der Waals surface area (Å²) in [5.74, 6) is 0.285. The number of carbonyl (C=O) groups is 2. The van der Waals surface area contributed by atoms with Crippen LogP contribution in [-0.4, -0.2) is 50.3 Å². The Balaban J connectivity index is 1.30. The number of hydrogen-bond donors (Lipinski definition) is 3. The van der Waals surface area contributed by atoms with Crippen LogP contribution >= 0.6 is 0 Å². The molecule has 8 rings (SSSR count). The van der Waals surface area contributed by atoms with Gasteiger partial charge in [-0.2, -0.15) is 0 Å². The lowest BCUT2D eigenvalue weighted by Gasteiger charge is -2.64. The van der Waals surface area contributed by atoms with Gasteiger partial charge in [0.15, 0.2) is 5.78 Å². The maximum Gasteiger partial charge on any atom is 0.246 e. The molecule has 4 aliphatic carbocycles. The van der Waals surface area contributed by atoms with Crippen molar-refractivity contribution < 1.29 is 24.5 Å². The number of aromatic nitrogens is 1. The molecule has 0 bridgehead atoms. The number of allylic oxidation sites excluding steroid dienone is 3. The van der Waals surface area contributed by atoms with Crippen LogP contribution < -0.4 is 5.32 Å². The van der Waals surface area contributed by atoms with E-state index in [4.69, 9.17) is 4.74 Å². The number of ether oxygens (including phenoxy) is 1. The van der Waals surface area contributed by atoms with E-state index in [1.165, 1.54) is 11.3 Å². The van der Waals surface area contributed by atoms with E-state index >= 15 is 0 Å². The van der Waals surface area contributed by atoms with Crippen LogP contribution in [0.5, 0.6) is 0 Å². The Morgan fingerprint density at radius 1 is 1.09 bits per heavy atom. The number of amides is 1. The molecule has 1 aromatic heterocycles. The predicted octanol–water partition coefficient (Wildman–Crippen LogP) is 8.62. The number of carbonyl (C=O) groups excluding carboxylic acids is 2. The van der Waals surface area contributed by atoms with Gasteiger partial charge in [-0.25, -0.2) is 0 Å². The van der Waals surface area contributed by atoms with E-state index in [-0.39, 0.29) is 34.4 Å². The molecular weight excluding hydrogens is 661 g/mol. The molecular formula is C46H60N2O5. The summed E-state index contributed by atoms with van der Waals surface area (Å²) < 4.78 is 8.91. The van der Waals surface area contributed by atoms with Crippen molar-refractivity contribution >= 4 is 28.2 Å². The van der Waals surface area contributed by atoms with Crippen molar-refractivity contribution in [3.63, 3.8) is 0 Å². The number of nitrogens with zero attached hydrogens (tertiary/aromatic N) is 1. The second-order valence-electron chi connectivity index (χ2n) is 19.3. The third-order valence-electron chi connectivity index (χ3n) is 15.3. The lowest BCUT2D eigenvalue weighted by Crippen LogP contribution is -2.62. The molecule has 2 aliphatic heterocycles. The van der Waals surface area contributed by atoms with Crippen LogP contribution in [0.4, 0.5) is 0 Å². The molecule has 1 amide bonds. The van der Waals surface area contributed by atoms with Crippen LogP contribution in [0, 0.1) is 28.6 Å². The number of Topliss-reactive ketones (excluding diaryl/α,β-unsaturated/α-hetero) is 1. The third-order valence-corrected chi connectivity index (χ3v) is 15.3.